The van der Waals surface area contributed by atoms with Gasteiger partial charge in [0.15, 0.2) is 6.29 Å². The third-order valence-corrected chi connectivity index (χ3v) is 8.65. The SMILES string of the molecule is CN(Cc1ccccc1)CC1CC(c2ccc(CO)cc2)OC(c2ccc(-c3cccc(CNC(=O)CCCCCC(=O)O)c3)cc2)O1. The smallest absolute Gasteiger partial charge is 0.303 e. The molecule has 0 radical (unpaired) electrons. The van der Waals surface area contributed by atoms with Gasteiger partial charge in [-0.3, -0.25) is 14.5 Å². The summed E-state index contributed by atoms with van der Waals surface area (Å²) in [6, 6.07) is 34.8. The Morgan fingerprint density at radius 1 is 0.771 bits per heavy atom. The predicted molar refractivity (Wildman–Crippen MR) is 186 cm³/mol. The van der Waals surface area contributed by atoms with Gasteiger partial charge in [0.1, 0.15) is 0 Å². The van der Waals surface area contributed by atoms with E-state index in [1.165, 1.54) is 5.56 Å². The number of ether oxygens (including phenoxy) is 2. The lowest BCUT2D eigenvalue weighted by Gasteiger charge is -2.38. The van der Waals surface area contributed by atoms with Gasteiger partial charge in [0.25, 0.3) is 0 Å². The summed E-state index contributed by atoms with van der Waals surface area (Å²) in [5.41, 5.74) is 7.24. The number of carboxylic acid groups (broad SMARTS) is 1. The summed E-state index contributed by atoms with van der Waals surface area (Å²) in [5, 5.41) is 21.3. The van der Waals surface area contributed by atoms with Gasteiger partial charge in [-0.05, 0) is 59.3 Å². The lowest BCUT2D eigenvalue weighted by molar-refractivity contribution is -0.252. The van der Waals surface area contributed by atoms with Crippen molar-refractivity contribution in [1.82, 2.24) is 10.2 Å². The molecule has 4 aromatic rings. The molecule has 1 amide bonds. The van der Waals surface area contributed by atoms with E-state index in [0.29, 0.717) is 25.8 Å². The van der Waals surface area contributed by atoms with Gasteiger partial charge in [-0.15, -0.1) is 0 Å². The van der Waals surface area contributed by atoms with E-state index in [-0.39, 0.29) is 31.1 Å². The van der Waals surface area contributed by atoms with Crippen molar-refractivity contribution in [3.63, 3.8) is 0 Å². The first-order chi connectivity index (χ1) is 23.4. The monoisotopic (exact) mass is 650 g/mol. The molecule has 0 spiro atoms. The first kappa shape index (κ1) is 35.0. The molecule has 1 aliphatic heterocycles. The fourth-order valence-corrected chi connectivity index (χ4v) is 6.06. The van der Waals surface area contributed by atoms with E-state index in [1.54, 1.807) is 0 Å². The van der Waals surface area contributed by atoms with Crippen LogP contribution in [0.4, 0.5) is 0 Å². The lowest BCUT2D eigenvalue weighted by atomic mass is 9.99. The van der Waals surface area contributed by atoms with E-state index < -0.39 is 12.3 Å². The number of aliphatic carboxylic acids is 1. The summed E-state index contributed by atoms with van der Waals surface area (Å²) < 4.78 is 13.1. The van der Waals surface area contributed by atoms with Crippen molar-refractivity contribution in [3.05, 3.63) is 131 Å². The Bertz CT molecular complexity index is 1590. The maximum Gasteiger partial charge on any atom is 0.303 e. The van der Waals surface area contributed by atoms with Crippen LogP contribution in [-0.2, 0) is 38.8 Å². The molecule has 252 valence electrons. The minimum Gasteiger partial charge on any atom is -0.481 e. The van der Waals surface area contributed by atoms with Gasteiger partial charge in [-0.25, -0.2) is 0 Å². The number of carboxylic acids is 1. The molecule has 3 unspecified atom stereocenters. The first-order valence-electron chi connectivity index (χ1n) is 16.8. The van der Waals surface area contributed by atoms with Crippen LogP contribution in [0.1, 0.15) is 78.7 Å². The number of benzene rings is 4. The highest BCUT2D eigenvalue weighted by atomic mass is 16.7. The fraction of sp³-hybridized carbons (Fsp3) is 0.350. The van der Waals surface area contributed by atoms with Gasteiger partial charge < -0.3 is 25.0 Å². The third-order valence-electron chi connectivity index (χ3n) is 8.65. The quantitative estimate of drug-likeness (QED) is 0.110. The molecule has 3 N–H and O–H groups in total. The van der Waals surface area contributed by atoms with Crippen molar-refractivity contribution in [1.29, 1.82) is 0 Å². The van der Waals surface area contributed by atoms with Crippen LogP contribution in [-0.4, -0.2) is 46.7 Å². The van der Waals surface area contributed by atoms with Crippen LogP contribution < -0.4 is 5.32 Å². The zero-order chi connectivity index (χ0) is 33.7. The van der Waals surface area contributed by atoms with Gasteiger partial charge in [0.2, 0.25) is 5.91 Å². The Morgan fingerprint density at radius 2 is 1.48 bits per heavy atom. The van der Waals surface area contributed by atoms with Crippen molar-refractivity contribution in [2.75, 3.05) is 13.6 Å². The average molecular weight is 651 g/mol. The van der Waals surface area contributed by atoms with Crippen LogP contribution in [0.25, 0.3) is 11.1 Å². The van der Waals surface area contributed by atoms with Gasteiger partial charge in [0, 0.05) is 44.5 Å². The Morgan fingerprint density at radius 3 is 2.21 bits per heavy atom. The molecule has 0 aromatic heterocycles. The molecule has 5 rings (SSSR count). The summed E-state index contributed by atoms with van der Waals surface area (Å²) in [4.78, 5) is 25.2. The molecule has 1 saturated heterocycles. The minimum atomic E-state index is -0.799. The van der Waals surface area contributed by atoms with Gasteiger partial charge in [0.05, 0.1) is 18.8 Å². The standard InChI is InChI=1S/C40H46N2O6/c1-42(26-29-9-4-2-5-10-29)27-36-24-37(33-17-15-30(28-43)16-18-33)48-40(47-36)34-21-19-32(20-22-34)35-12-8-11-31(23-35)25-41-38(44)13-6-3-7-14-39(45)46/h2,4-5,8-12,15-23,36-37,40,43H,3,6-7,13-14,24-28H2,1H3,(H,41,44)(H,45,46). The van der Waals surface area contributed by atoms with Gasteiger partial charge >= 0.3 is 5.97 Å². The van der Waals surface area contributed by atoms with Crippen LogP contribution in [0.3, 0.4) is 0 Å². The number of nitrogens with one attached hydrogen (secondary N) is 1. The van der Waals surface area contributed by atoms with E-state index in [9.17, 15) is 14.7 Å². The topological polar surface area (TPSA) is 108 Å². The molecule has 8 nitrogen and oxygen atoms in total. The Balaban J connectivity index is 1.22. The second-order valence-corrected chi connectivity index (χ2v) is 12.6. The summed E-state index contributed by atoms with van der Waals surface area (Å²) in [5.74, 6) is -0.827. The zero-order valence-electron chi connectivity index (χ0n) is 27.6. The molecule has 1 aliphatic rings. The maximum atomic E-state index is 12.3. The molecular weight excluding hydrogens is 604 g/mol. The molecule has 0 bridgehead atoms. The van der Waals surface area contributed by atoms with Gasteiger partial charge in [-0.1, -0.05) is 103 Å². The predicted octanol–water partition coefficient (Wildman–Crippen LogP) is 7.17. The van der Waals surface area contributed by atoms with E-state index in [2.05, 4.69) is 77.9 Å². The van der Waals surface area contributed by atoms with Crippen LogP contribution in [0.15, 0.2) is 103 Å². The Hall–Kier alpha value is -4.34. The molecular formula is C40H46N2O6. The molecule has 1 fully saturated rings. The van der Waals surface area contributed by atoms with Crippen molar-refractivity contribution in [2.45, 2.75) is 76.7 Å². The van der Waals surface area contributed by atoms with Crippen LogP contribution in [0, 0.1) is 0 Å². The van der Waals surface area contributed by atoms with E-state index in [1.807, 2.05) is 42.5 Å². The number of amides is 1. The number of hydrogen-bond acceptors (Lipinski definition) is 6. The summed E-state index contributed by atoms with van der Waals surface area (Å²) in [6.45, 7) is 2.02. The maximum absolute atomic E-state index is 12.3. The zero-order valence-corrected chi connectivity index (χ0v) is 27.6. The number of rotatable bonds is 16. The molecule has 3 atom stereocenters. The molecule has 0 saturated carbocycles. The number of aliphatic hydroxyl groups excluding tert-OH is 1. The Labute approximate surface area is 283 Å². The van der Waals surface area contributed by atoms with Crippen LogP contribution in [0.5, 0.6) is 0 Å². The number of carbonyl (C=O) groups is 2. The van der Waals surface area contributed by atoms with E-state index in [0.717, 1.165) is 59.3 Å². The fourth-order valence-electron chi connectivity index (χ4n) is 6.06. The highest BCUT2D eigenvalue weighted by Crippen LogP contribution is 2.38. The Kier molecular flexibility index (Phi) is 12.9. The third kappa shape index (κ3) is 10.6. The largest absolute Gasteiger partial charge is 0.481 e. The number of hydrogen-bond donors (Lipinski definition) is 3. The number of aliphatic hydroxyl groups is 1. The first-order valence-corrected chi connectivity index (χ1v) is 16.8. The molecule has 4 aromatic carbocycles. The van der Waals surface area contributed by atoms with Crippen molar-refractivity contribution < 1.29 is 29.3 Å². The lowest BCUT2D eigenvalue weighted by Crippen LogP contribution is -2.37. The highest BCUT2D eigenvalue weighted by Gasteiger charge is 2.32. The van der Waals surface area contributed by atoms with Crippen LogP contribution in [0.2, 0.25) is 0 Å². The number of unbranched alkanes of at least 4 members (excludes halogenated alkanes) is 2. The minimum absolute atomic E-state index is 0.00587. The van der Waals surface area contributed by atoms with Crippen LogP contribution >= 0.6 is 0 Å². The van der Waals surface area contributed by atoms with Gasteiger partial charge in [-0.2, -0.15) is 0 Å². The second-order valence-electron chi connectivity index (χ2n) is 12.6. The molecule has 48 heavy (non-hydrogen) atoms. The molecule has 8 heteroatoms. The van der Waals surface area contributed by atoms with Crippen molar-refractivity contribution >= 4 is 11.9 Å². The summed E-state index contributed by atoms with van der Waals surface area (Å²) >= 11 is 0. The van der Waals surface area contributed by atoms with E-state index >= 15 is 0 Å². The van der Waals surface area contributed by atoms with Crippen molar-refractivity contribution in [3.8, 4) is 11.1 Å². The summed E-state index contributed by atoms with van der Waals surface area (Å²) in [6.07, 6.45) is 2.54. The number of likely N-dealkylation sites (N-methyl/N-ethyl adjacent to an activating group) is 1. The average Bonchev–Trinajstić information content (AvgIpc) is 3.11. The highest BCUT2D eigenvalue weighted by molar-refractivity contribution is 5.76. The second kappa shape index (κ2) is 17.7. The molecule has 1 heterocycles. The van der Waals surface area contributed by atoms with Crippen molar-refractivity contribution in [2.24, 2.45) is 0 Å². The number of carbonyl (C=O) groups excluding carboxylic acids is 1. The molecule has 0 aliphatic carbocycles. The normalized spacial score (nSPS) is 17.7. The number of nitrogens with zero attached hydrogens (tertiary/aromatic N) is 1. The summed E-state index contributed by atoms with van der Waals surface area (Å²) in [7, 11) is 2.12. The van der Waals surface area contributed by atoms with E-state index in [4.69, 9.17) is 14.6 Å².